The molecule has 5 heteroatoms. The van der Waals surface area contributed by atoms with E-state index in [2.05, 4.69) is 33.9 Å². The lowest BCUT2D eigenvalue weighted by atomic mass is 9.69. The monoisotopic (exact) mass is 372 g/mol. The van der Waals surface area contributed by atoms with Crippen LogP contribution in [0.25, 0.3) is 0 Å². The van der Waals surface area contributed by atoms with Gasteiger partial charge in [0.15, 0.2) is 8.32 Å². The number of aliphatic hydroxyl groups excluding tert-OH is 3. The van der Waals surface area contributed by atoms with Gasteiger partial charge >= 0.3 is 0 Å². The molecule has 0 aromatic carbocycles. The van der Waals surface area contributed by atoms with Crippen molar-refractivity contribution in [3.63, 3.8) is 0 Å². The van der Waals surface area contributed by atoms with Crippen molar-refractivity contribution in [1.82, 2.24) is 0 Å². The second kappa shape index (κ2) is 7.59. The Morgan fingerprint density at radius 3 is 1.68 bits per heavy atom. The Kier molecular flexibility index (Phi) is 6.48. The minimum Gasteiger partial charge on any atom is -0.416 e. The van der Waals surface area contributed by atoms with Crippen LogP contribution in [0.3, 0.4) is 0 Å². The Morgan fingerprint density at radius 1 is 0.880 bits per heavy atom. The van der Waals surface area contributed by atoms with Crippen molar-refractivity contribution in [3.8, 4) is 0 Å². The molecule has 2 fully saturated rings. The minimum atomic E-state index is -1.90. The van der Waals surface area contributed by atoms with Gasteiger partial charge in [0.2, 0.25) is 0 Å². The van der Waals surface area contributed by atoms with E-state index in [4.69, 9.17) is 4.43 Å². The highest BCUT2D eigenvalue weighted by atomic mass is 28.4. The summed E-state index contributed by atoms with van der Waals surface area (Å²) in [5.41, 5.74) is -0.883. The quantitative estimate of drug-likeness (QED) is 0.594. The molecule has 148 valence electrons. The third-order valence-electron chi connectivity index (χ3n) is 7.59. The zero-order chi connectivity index (χ0) is 18.9. The van der Waals surface area contributed by atoms with Crippen LogP contribution in [0.15, 0.2) is 0 Å². The molecule has 0 heterocycles. The molecule has 0 radical (unpaired) electrons. The highest BCUT2D eigenvalue weighted by molar-refractivity contribution is 6.74. The fraction of sp³-hybridized carbons (Fsp3) is 1.00. The Hall–Kier alpha value is 0.0569. The van der Waals surface area contributed by atoms with E-state index in [0.29, 0.717) is 6.61 Å². The summed E-state index contributed by atoms with van der Waals surface area (Å²) in [7, 11) is -1.90. The average Bonchev–Trinajstić information content (AvgIpc) is 3.21. The van der Waals surface area contributed by atoms with Crippen LogP contribution in [-0.4, -0.2) is 49.1 Å². The van der Waals surface area contributed by atoms with Gasteiger partial charge in [-0.05, 0) is 43.8 Å². The zero-order valence-corrected chi connectivity index (χ0v) is 18.0. The molecule has 2 atom stereocenters. The maximum atomic E-state index is 11.2. The third kappa shape index (κ3) is 4.16. The molecule has 0 spiro atoms. The van der Waals surface area contributed by atoms with Crippen LogP contribution in [0.5, 0.6) is 0 Å². The predicted molar refractivity (Wildman–Crippen MR) is 104 cm³/mol. The number of hydrogen-bond acceptors (Lipinski definition) is 4. The SMILES string of the molecule is CC(C)(C)[Si](C)(C)OCC1(C(O)C(O)C2(CO)CCCC2)CCCC1. The second-order valence-electron chi connectivity index (χ2n) is 10.2. The van der Waals surface area contributed by atoms with Crippen LogP contribution in [0.2, 0.25) is 18.1 Å². The van der Waals surface area contributed by atoms with E-state index in [1.807, 2.05) is 0 Å². The lowest BCUT2D eigenvalue weighted by Crippen LogP contribution is -2.54. The molecule has 2 aliphatic carbocycles. The van der Waals surface area contributed by atoms with E-state index in [0.717, 1.165) is 51.4 Å². The largest absolute Gasteiger partial charge is 0.416 e. The van der Waals surface area contributed by atoms with Crippen molar-refractivity contribution in [2.24, 2.45) is 10.8 Å². The van der Waals surface area contributed by atoms with Gasteiger partial charge in [0, 0.05) is 17.4 Å². The summed E-state index contributed by atoms with van der Waals surface area (Å²) in [5, 5.41) is 32.3. The van der Waals surface area contributed by atoms with Gasteiger partial charge in [0.05, 0.1) is 18.8 Å². The fourth-order valence-electron chi connectivity index (χ4n) is 4.44. The van der Waals surface area contributed by atoms with Gasteiger partial charge in [0.1, 0.15) is 0 Å². The van der Waals surface area contributed by atoms with Crippen LogP contribution >= 0.6 is 0 Å². The van der Waals surface area contributed by atoms with E-state index in [9.17, 15) is 15.3 Å². The van der Waals surface area contributed by atoms with Gasteiger partial charge in [-0.25, -0.2) is 0 Å². The molecule has 3 N–H and O–H groups in total. The predicted octanol–water partition coefficient (Wildman–Crippen LogP) is 3.84. The van der Waals surface area contributed by atoms with Gasteiger partial charge in [0.25, 0.3) is 0 Å². The highest BCUT2D eigenvalue weighted by Crippen LogP contribution is 2.50. The highest BCUT2D eigenvalue weighted by Gasteiger charge is 2.52. The van der Waals surface area contributed by atoms with Gasteiger partial charge in [-0.2, -0.15) is 0 Å². The molecule has 0 aromatic heterocycles. The first-order chi connectivity index (χ1) is 11.5. The molecule has 0 amide bonds. The van der Waals surface area contributed by atoms with Crippen molar-refractivity contribution in [2.75, 3.05) is 13.2 Å². The summed E-state index contributed by atoms with van der Waals surface area (Å²) in [6.45, 7) is 11.7. The standard InChI is InChI=1S/C20H40O4Si/c1-18(2,3)25(4,5)24-15-20(12-8-9-13-20)17(23)16(22)19(14-21)10-6-7-11-19/h16-17,21-23H,6-15H2,1-5H3. The van der Waals surface area contributed by atoms with Crippen LogP contribution in [0.4, 0.5) is 0 Å². The Morgan fingerprint density at radius 2 is 1.28 bits per heavy atom. The molecule has 0 aliphatic heterocycles. The Labute approximate surface area is 155 Å². The van der Waals surface area contributed by atoms with Crippen LogP contribution in [-0.2, 0) is 4.43 Å². The van der Waals surface area contributed by atoms with E-state index >= 15 is 0 Å². The lowest BCUT2D eigenvalue weighted by Gasteiger charge is -2.45. The van der Waals surface area contributed by atoms with Crippen molar-refractivity contribution in [1.29, 1.82) is 0 Å². The molecule has 4 nitrogen and oxygen atoms in total. The molecule has 2 rings (SSSR count). The van der Waals surface area contributed by atoms with Crippen LogP contribution < -0.4 is 0 Å². The van der Waals surface area contributed by atoms with E-state index < -0.39 is 25.9 Å². The average molecular weight is 373 g/mol. The Bertz CT molecular complexity index is 431. The smallest absolute Gasteiger partial charge is 0.192 e. The molecule has 2 unspecified atom stereocenters. The van der Waals surface area contributed by atoms with Crippen molar-refractivity contribution >= 4 is 8.32 Å². The summed E-state index contributed by atoms with van der Waals surface area (Å²) in [6, 6.07) is 0. The van der Waals surface area contributed by atoms with Gasteiger partial charge < -0.3 is 19.7 Å². The number of aliphatic hydroxyl groups is 3. The second-order valence-corrected chi connectivity index (χ2v) is 15.0. The zero-order valence-electron chi connectivity index (χ0n) is 17.0. The number of hydrogen-bond donors (Lipinski definition) is 3. The first-order valence-corrected chi connectivity index (χ1v) is 13.0. The van der Waals surface area contributed by atoms with Crippen LogP contribution in [0.1, 0.15) is 72.1 Å². The molecular formula is C20H40O4Si. The van der Waals surface area contributed by atoms with Gasteiger partial charge in [-0.1, -0.05) is 46.5 Å². The van der Waals surface area contributed by atoms with E-state index in [1.165, 1.54) is 0 Å². The van der Waals surface area contributed by atoms with E-state index in [-0.39, 0.29) is 17.1 Å². The number of rotatable bonds is 7. The third-order valence-corrected chi connectivity index (χ3v) is 12.1. The maximum Gasteiger partial charge on any atom is 0.192 e. The molecule has 2 saturated carbocycles. The van der Waals surface area contributed by atoms with E-state index in [1.54, 1.807) is 0 Å². The molecule has 2 aliphatic rings. The molecule has 0 bridgehead atoms. The topological polar surface area (TPSA) is 69.9 Å². The minimum absolute atomic E-state index is 0.0373. The van der Waals surface area contributed by atoms with Crippen molar-refractivity contribution < 1.29 is 19.7 Å². The maximum absolute atomic E-state index is 11.2. The van der Waals surface area contributed by atoms with Crippen LogP contribution in [0, 0.1) is 10.8 Å². The summed E-state index contributed by atoms with van der Waals surface area (Å²) in [4.78, 5) is 0. The fourth-order valence-corrected chi connectivity index (χ4v) is 5.52. The lowest BCUT2D eigenvalue weighted by molar-refractivity contribution is -0.140. The summed E-state index contributed by atoms with van der Waals surface area (Å²) in [6.07, 6.45) is 5.96. The summed E-state index contributed by atoms with van der Waals surface area (Å²) in [5.74, 6) is 0. The molecule has 0 saturated heterocycles. The first-order valence-electron chi connectivity index (χ1n) is 10.1. The summed E-state index contributed by atoms with van der Waals surface area (Å²) >= 11 is 0. The first kappa shape index (κ1) is 21.4. The van der Waals surface area contributed by atoms with Gasteiger partial charge in [-0.3, -0.25) is 0 Å². The summed E-state index contributed by atoms with van der Waals surface area (Å²) < 4.78 is 6.49. The molecular weight excluding hydrogens is 332 g/mol. The normalized spacial score (nSPS) is 25.9. The molecule has 0 aromatic rings. The van der Waals surface area contributed by atoms with Crippen molar-refractivity contribution in [2.45, 2.75) is 102 Å². The molecule has 25 heavy (non-hydrogen) atoms. The van der Waals surface area contributed by atoms with Crippen molar-refractivity contribution in [3.05, 3.63) is 0 Å². The van der Waals surface area contributed by atoms with Gasteiger partial charge in [-0.15, -0.1) is 0 Å². The Balaban J connectivity index is 2.16.